The summed E-state index contributed by atoms with van der Waals surface area (Å²) in [6.45, 7) is 24.5. The standard InChI is InChI=1S/C36H52N2O2Si/c1-23(2)32-31(33(39)25-16-18-26(19-17-25)36(8,9)22-37)29(24-14-12-13-15-24)30-27(38-32)20-35(6,7)21-28(30)40-41(10,11)34(3,4)5/h12,14,16-19,23-24,28,33,39H,13,15,20-21H2,1-11H3/t24?,28?,33-/m1/s1. The first-order chi connectivity index (χ1) is 18.9. The van der Waals surface area contributed by atoms with Gasteiger partial charge in [-0.15, -0.1) is 0 Å². The lowest BCUT2D eigenvalue weighted by atomic mass is 9.70. The van der Waals surface area contributed by atoms with E-state index in [2.05, 4.69) is 79.8 Å². The van der Waals surface area contributed by atoms with E-state index in [4.69, 9.17) is 9.41 Å². The highest BCUT2D eigenvalue weighted by Crippen LogP contribution is 2.52. The molecule has 0 aliphatic heterocycles. The van der Waals surface area contributed by atoms with Crippen LogP contribution in [-0.4, -0.2) is 18.4 Å². The van der Waals surface area contributed by atoms with Crippen molar-refractivity contribution in [2.45, 2.75) is 136 Å². The van der Waals surface area contributed by atoms with E-state index in [0.717, 1.165) is 53.8 Å². The van der Waals surface area contributed by atoms with E-state index in [1.165, 1.54) is 11.1 Å². The fourth-order valence-electron chi connectivity index (χ4n) is 6.27. The van der Waals surface area contributed by atoms with Crippen LogP contribution in [0.1, 0.15) is 145 Å². The third kappa shape index (κ3) is 6.26. The number of nitrogens with zero attached hydrogens (tertiary/aromatic N) is 2. The first-order valence-electron chi connectivity index (χ1n) is 15.5. The predicted molar refractivity (Wildman–Crippen MR) is 172 cm³/mol. The molecule has 4 rings (SSSR count). The Bertz CT molecular complexity index is 1340. The van der Waals surface area contributed by atoms with Crippen LogP contribution in [0.15, 0.2) is 36.4 Å². The van der Waals surface area contributed by atoms with Crippen LogP contribution >= 0.6 is 0 Å². The zero-order chi connectivity index (χ0) is 30.5. The summed E-state index contributed by atoms with van der Waals surface area (Å²) in [6.07, 6.45) is 7.73. The van der Waals surface area contributed by atoms with Crippen molar-refractivity contribution in [2.75, 3.05) is 0 Å². The Morgan fingerprint density at radius 1 is 1.07 bits per heavy atom. The van der Waals surface area contributed by atoms with E-state index in [1.54, 1.807) is 0 Å². The molecular weight excluding hydrogens is 520 g/mol. The molecule has 0 amide bonds. The van der Waals surface area contributed by atoms with Crippen LogP contribution in [0, 0.1) is 16.7 Å². The second-order valence-electron chi connectivity index (χ2n) is 15.6. The smallest absolute Gasteiger partial charge is 0.192 e. The molecule has 0 spiro atoms. The zero-order valence-corrected chi connectivity index (χ0v) is 28.4. The average molecular weight is 573 g/mol. The summed E-state index contributed by atoms with van der Waals surface area (Å²) >= 11 is 0. The van der Waals surface area contributed by atoms with Gasteiger partial charge in [-0.25, -0.2) is 0 Å². The van der Waals surface area contributed by atoms with Crippen molar-refractivity contribution in [3.8, 4) is 6.07 Å². The van der Waals surface area contributed by atoms with Crippen molar-refractivity contribution in [2.24, 2.45) is 5.41 Å². The molecule has 5 heteroatoms. The van der Waals surface area contributed by atoms with Crippen LogP contribution in [0.25, 0.3) is 0 Å². The molecule has 0 saturated carbocycles. The van der Waals surface area contributed by atoms with Crippen LogP contribution < -0.4 is 0 Å². The van der Waals surface area contributed by atoms with E-state index < -0.39 is 19.8 Å². The van der Waals surface area contributed by atoms with Crippen LogP contribution in [0.4, 0.5) is 0 Å². The summed E-state index contributed by atoms with van der Waals surface area (Å²) in [4.78, 5) is 5.41. The molecule has 0 fully saturated rings. The van der Waals surface area contributed by atoms with E-state index in [9.17, 15) is 10.4 Å². The van der Waals surface area contributed by atoms with Crippen molar-refractivity contribution in [1.29, 1.82) is 5.26 Å². The Kier molecular flexibility index (Phi) is 8.57. The molecule has 1 aromatic carbocycles. The van der Waals surface area contributed by atoms with Gasteiger partial charge in [-0.05, 0) is 85.7 Å². The molecule has 0 radical (unpaired) electrons. The van der Waals surface area contributed by atoms with Crippen LogP contribution in [-0.2, 0) is 16.3 Å². The molecule has 3 atom stereocenters. The minimum absolute atomic E-state index is 0.0443. The number of aromatic nitrogens is 1. The molecule has 1 N–H and O–H groups in total. The highest BCUT2D eigenvalue weighted by Gasteiger charge is 2.45. The summed E-state index contributed by atoms with van der Waals surface area (Å²) in [5.74, 6) is 0.396. The van der Waals surface area contributed by atoms with Crippen LogP contribution in [0.2, 0.25) is 18.1 Å². The van der Waals surface area contributed by atoms with Gasteiger partial charge in [0.25, 0.3) is 0 Å². The molecule has 0 saturated heterocycles. The lowest BCUT2D eigenvalue weighted by Gasteiger charge is -2.45. The van der Waals surface area contributed by atoms with Gasteiger partial charge in [-0.1, -0.05) is 84.9 Å². The second-order valence-corrected chi connectivity index (χ2v) is 20.4. The number of aliphatic hydroxyl groups excluding tert-OH is 1. The molecule has 2 aliphatic carbocycles. The molecule has 0 bridgehead atoms. The lowest BCUT2D eigenvalue weighted by molar-refractivity contribution is 0.104. The minimum atomic E-state index is -2.09. The van der Waals surface area contributed by atoms with Crippen molar-refractivity contribution < 1.29 is 9.53 Å². The Morgan fingerprint density at radius 2 is 1.71 bits per heavy atom. The number of fused-ring (bicyclic) bond motifs is 1. The average Bonchev–Trinajstić information content (AvgIpc) is 3.40. The Balaban J connectivity index is 1.97. The molecule has 1 heterocycles. The third-order valence-electron chi connectivity index (χ3n) is 9.80. The lowest BCUT2D eigenvalue weighted by Crippen LogP contribution is -2.44. The van der Waals surface area contributed by atoms with E-state index in [-0.39, 0.29) is 28.4 Å². The minimum Gasteiger partial charge on any atom is -0.410 e. The van der Waals surface area contributed by atoms with Gasteiger partial charge in [0.1, 0.15) is 6.10 Å². The monoisotopic (exact) mass is 572 g/mol. The Hall–Kier alpha value is -2.26. The number of allylic oxidation sites excluding steroid dienone is 2. The Morgan fingerprint density at radius 3 is 2.22 bits per heavy atom. The number of nitriles is 1. The van der Waals surface area contributed by atoms with Crippen molar-refractivity contribution in [1.82, 2.24) is 4.98 Å². The summed E-state index contributed by atoms with van der Waals surface area (Å²) in [6, 6.07) is 10.4. The zero-order valence-electron chi connectivity index (χ0n) is 27.4. The maximum atomic E-state index is 12.2. The van der Waals surface area contributed by atoms with Gasteiger partial charge in [0.05, 0.1) is 17.6 Å². The molecular formula is C36H52N2O2Si. The maximum absolute atomic E-state index is 12.2. The number of hydrogen-bond donors (Lipinski definition) is 1. The molecule has 2 aliphatic rings. The molecule has 222 valence electrons. The molecule has 1 aromatic heterocycles. The first-order valence-corrected chi connectivity index (χ1v) is 18.4. The largest absolute Gasteiger partial charge is 0.410 e. The summed E-state index contributed by atoms with van der Waals surface area (Å²) in [7, 11) is -2.09. The predicted octanol–water partition coefficient (Wildman–Crippen LogP) is 9.56. The Labute approximate surface area is 250 Å². The fraction of sp³-hybridized carbons (Fsp3) is 0.611. The van der Waals surface area contributed by atoms with Crippen molar-refractivity contribution in [3.63, 3.8) is 0 Å². The summed E-state index contributed by atoms with van der Waals surface area (Å²) < 4.78 is 7.27. The van der Waals surface area contributed by atoms with Crippen molar-refractivity contribution >= 4 is 8.32 Å². The second kappa shape index (κ2) is 11.1. The fourth-order valence-corrected chi connectivity index (χ4v) is 7.54. The van der Waals surface area contributed by atoms with E-state index >= 15 is 0 Å². The third-order valence-corrected chi connectivity index (χ3v) is 14.3. The summed E-state index contributed by atoms with van der Waals surface area (Å²) in [5, 5.41) is 21.9. The number of benzene rings is 1. The van der Waals surface area contributed by atoms with Gasteiger partial charge >= 0.3 is 0 Å². The number of rotatable bonds is 7. The molecule has 2 unspecified atom stereocenters. The van der Waals surface area contributed by atoms with Gasteiger partial charge in [0.15, 0.2) is 8.32 Å². The van der Waals surface area contributed by atoms with E-state index in [0.29, 0.717) is 0 Å². The van der Waals surface area contributed by atoms with Crippen molar-refractivity contribution in [3.05, 3.63) is 75.6 Å². The topological polar surface area (TPSA) is 66.1 Å². The normalized spacial score (nSPS) is 21.6. The maximum Gasteiger partial charge on any atom is 0.192 e. The van der Waals surface area contributed by atoms with Crippen LogP contribution in [0.3, 0.4) is 0 Å². The van der Waals surface area contributed by atoms with E-state index in [1.807, 2.05) is 38.1 Å². The molecule has 41 heavy (non-hydrogen) atoms. The van der Waals surface area contributed by atoms with Gasteiger partial charge in [0.2, 0.25) is 0 Å². The first kappa shape index (κ1) is 31.7. The SMILES string of the molecule is CC(C)c1nc2c(c(C3C=CCC3)c1[C@H](O)c1ccc(C(C)(C)C#N)cc1)C(O[Si](C)(C)C(C)(C)C)CC(C)(C)C2. The molecule has 2 aromatic rings. The van der Waals surface area contributed by atoms with Crippen LogP contribution in [0.5, 0.6) is 0 Å². The summed E-state index contributed by atoms with van der Waals surface area (Å²) in [5.41, 5.74) is 6.90. The van der Waals surface area contributed by atoms with Gasteiger partial charge in [-0.2, -0.15) is 5.26 Å². The quantitative estimate of drug-likeness (QED) is 0.265. The van der Waals surface area contributed by atoms with Gasteiger partial charge in [-0.3, -0.25) is 4.98 Å². The van der Waals surface area contributed by atoms with Gasteiger partial charge < -0.3 is 9.53 Å². The number of aliphatic hydroxyl groups is 1. The highest BCUT2D eigenvalue weighted by molar-refractivity contribution is 6.74. The highest BCUT2D eigenvalue weighted by atomic mass is 28.4. The van der Waals surface area contributed by atoms with Gasteiger partial charge in [0, 0.05) is 28.4 Å². The number of pyridine rings is 1. The molecule has 4 nitrogen and oxygen atoms in total. The number of hydrogen-bond acceptors (Lipinski definition) is 4.